The average molecular weight is 302 g/mol. The Morgan fingerprint density at radius 3 is 2.35 bits per heavy atom. The predicted octanol–water partition coefficient (Wildman–Crippen LogP) is 1.97. The first-order chi connectivity index (χ1) is 9.41. The van der Waals surface area contributed by atoms with Gasteiger partial charge in [0.1, 0.15) is 16.4 Å². The van der Waals surface area contributed by atoms with Crippen LogP contribution >= 0.6 is 0 Å². The minimum atomic E-state index is -3.94. The van der Waals surface area contributed by atoms with Crippen molar-refractivity contribution in [2.24, 2.45) is 11.8 Å². The van der Waals surface area contributed by atoms with E-state index in [1.807, 2.05) is 0 Å². The lowest BCUT2D eigenvalue weighted by Crippen LogP contribution is -2.30. The fraction of sp³-hybridized carbons (Fsp3) is 0.538. The summed E-state index contributed by atoms with van der Waals surface area (Å²) in [6.45, 7) is 0.841. The van der Waals surface area contributed by atoms with E-state index in [1.165, 1.54) is 4.31 Å². The molecule has 1 saturated heterocycles. The fourth-order valence-electron chi connectivity index (χ4n) is 3.28. The van der Waals surface area contributed by atoms with Gasteiger partial charge in [-0.1, -0.05) is 6.42 Å². The van der Waals surface area contributed by atoms with Crippen LogP contribution in [-0.4, -0.2) is 25.8 Å². The van der Waals surface area contributed by atoms with Gasteiger partial charge in [-0.3, -0.25) is 0 Å². The number of hydrogen-bond acceptors (Lipinski definition) is 3. The third-order valence-electron chi connectivity index (χ3n) is 4.40. The van der Waals surface area contributed by atoms with E-state index in [-0.39, 0.29) is 0 Å². The number of nitrogen functional groups attached to an aromatic ring is 1. The Kier molecular flexibility index (Phi) is 3.21. The zero-order valence-corrected chi connectivity index (χ0v) is 11.7. The second-order valence-corrected chi connectivity index (χ2v) is 7.45. The molecule has 1 aliphatic heterocycles. The van der Waals surface area contributed by atoms with Gasteiger partial charge in [0.2, 0.25) is 10.0 Å². The molecule has 2 atom stereocenters. The first kappa shape index (κ1) is 13.8. The molecule has 1 saturated carbocycles. The lowest BCUT2D eigenvalue weighted by molar-refractivity contribution is 0.440. The molecule has 0 radical (unpaired) electrons. The van der Waals surface area contributed by atoms with E-state index in [2.05, 4.69) is 0 Å². The maximum atomic E-state index is 13.9. The van der Waals surface area contributed by atoms with Crippen molar-refractivity contribution >= 4 is 15.7 Å². The van der Waals surface area contributed by atoms with Gasteiger partial charge in [-0.15, -0.1) is 0 Å². The third kappa shape index (κ3) is 2.00. The van der Waals surface area contributed by atoms with Gasteiger partial charge in [0.15, 0.2) is 5.82 Å². The van der Waals surface area contributed by atoms with Crippen LogP contribution in [-0.2, 0) is 10.0 Å². The van der Waals surface area contributed by atoms with Crippen LogP contribution in [0.4, 0.5) is 14.5 Å². The van der Waals surface area contributed by atoms with E-state index in [1.54, 1.807) is 0 Å². The minimum absolute atomic E-state index is 0.366. The van der Waals surface area contributed by atoms with E-state index >= 15 is 0 Å². The summed E-state index contributed by atoms with van der Waals surface area (Å²) in [5.41, 5.74) is 4.49. The Morgan fingerprint density at radius 1 is 1.15 bits per heavy atom. The normalized spacial score (nSPS) is 26.9. The van der Waals surface area contributed by atoms with Gasteiger partial charge < -0.3 is 5.73 Å². The van der Waals surface area contributed by atoms with Crippen molar-refractivity contribution in [1.29, 1.82) is 0 Å². The Balaban J connectivity index is 1.95. The Labute approximate surface area is 116 Å². The molecule has 2 aliphatic rings. The second kappa shape index (κ2) is 4.66. The zero-order valence-electron chi connectivity index (χ0n) is 10.9. The topological polar surface area (TPSA) is 63.4 Å². The monoisotopic (exact) mass is 302 g/mol. The van der Waals surface area contributed by atoms with Crippen molar-refractivity contribution in [2.45, 2.75) is 24.2 Å². The van der Waals surface area contributed by atoms with Crippen LogP contribution in [0.3, 0.4) is 0 Å². The maximum absolute atomic E-state index is 13.9. The number of nitrogens with two attached hydrogens (primary N) is 1. The molecular weight excluding hydrogens is 286 g/mol. The van der Waals surface area contributed by atoms with Crippen molar-refractivity contribution in [3.8, 4) is 0 Å². The smallest absolute Gasteiger partial charge is 0.246 e. The molecule has 4 nitrogen and oxygen atoms in total. The lowest BCUT2D eigenvalue weighted by atomic mass is 10.0. The number of hydrogen-bond donors (Lipinski definition) is 1. The van der Waals surface area contributed by atoms with Gasteiger partial charge in [0, 0.05) is 13.1 Å². The standard InChI is InChI=1S/C13H16F2N2O2S/c14-10-4-5-11(12(15)13(10)16)20(18,19)17-6-8-2-1-3-9(8)7-17/h4-5,8-9H,1-3,6-7,16H2. The highest BCUT2D eigenvalue weighted by Gasteiger charge is 2.42. The minimum Gasteiger partial charge on any atom is -0.394 e. The predicted molar refractivity (Wildman–Crippen MR) is 70.4 cm³/mol. The van der Waals surface area contributed by atoms with Crippen molar-refractivity contribution in [2.75, 3.05) is 18.8 Å². The molecule has 1 heterocycles. The van der Waals surface area contributed by atoms with Crippen molar-refractivity contribution in [3.05, 3.63) is 23.8 Å². The molecule has 2 fully saturated rings. The number of benzene rings is 1. The molecule has 3 rings (SSSR count). The second-order valence-electron chi connectivity index (χ2n) is 5.55. The molecule has 7 heteroatoms. The van der Waals surface area contributed by atoms with E-state index in [0.717, 1.165) is 31.4 Å². The SMILES string of the molecule is Nc1c(F)ccc(S(=O)(=O)N2CC3CCCC3C2)c1F. The first-order valence-electron chi connectivity index (χ1n) is 6.65. The van der Waals surface area contributed by atoms with E-state index in [9.17, 15) is 17.2 Å². The molecule has 1 aromatic rings. The van der Waals surface area contributed by atoms with Crippen molar-refractivity contribution < 1.29 is 17.2 Å². The number of rotatable bonds is 2. The third-order valence-corrected chi connectivity index (χ3v) is 6.25. The van der Waals surface area contributed by atoms with Crippen molar-refractivity contribution in [3.63, 3.8) is 0 Å². The highest BCUT2D eigenvalue weighted by Crippen LogP contribution is 2.40. The van der Waals surface area contributed by atoms with Crippen LogP contribution in [0.1, 0.15) is 19.3 Å². The molecule has 0 amide bonds. The number of nitrogens with zero attached hydrogens (tertiary/aromatic N) is 1. The molecule has 20 heavy (non-hydrogen) atoms. The summed E-state index contributed by atoms with van der Waals surface area (Å²) in [7, 11) is -3.94. The largest absolute Gasteiger partial charge is 0.394 e. The van der Waals surface area contributed by atoms with Crippen LogP contribution in [0.25, 0.3) is 0 Å². The lowest BCUT2D eigenvalue weighted by Gasteiger charge is -2.18. The molecule has 1 aromatic carbocycles. The van der Waals surface area contributed by atoms with Crippen molar-refractivity contribution in [1.82, 2.24) is 4.31 Å². The van der Waals surface area contributed by atoms with Gasteiger partial charge in [-0.05, 0) is 36.8 Å². The summed E-state index contributed by atoms with van der Waals surface area (Å²) in [4.78, 5) is -0.531. The summed E-state index contributed by atoms with van der Waals surface area (Å²) in [6, 6.07) is 1.84. The molecule has 1 aliphatic carbocycles. The highest BCUT2D eigenvalue weighted by atomic mass is 32.2. The highest BCUT2D eigenvalue weighted by molar-refractivity contribution is 7.89. The summed E-state index contributed by atoms with van der Waals surface area (Å²) >= 11 is 0. The number of halogens is 2. The summed E-state index contributed by atoms with van der Waals surface area (Å²) in [5, 5.41) is 0. The Bertz CT molecular complexity index is 636. The molecule has 2 N–H and O–H groups in total. The summed E-state index contributed by atoms with van der Waals surface area (Å²) in [6.07, 6.45) is 3.16. The quantitative estimate of drug-likeness (QED) is 0.850. The van der Waals surface area contributed by atoms with E-state index in [4.69, 9.17) is 5.73 Å². The van der Waals surface area contributed by atoms with Crippen LogP contribution in [0, 0.1) is 23.5 Å². The Hall–Kier alpha value is -1.21. The number of fused-ring (bicyclic) bond motifs is 1. The fourth-order valence-corrected chi connectivity index (χ4v) is 4.91. The molecular formula is C13H16F2N2O2S. The van der Waals surface area contributed by atoms with Crippen LogP contribution in [0.5, 0.6) is 0 Å². The Morgan fingerprint density at radius 2 is 1.75 bits per heavy atom. The van der Waals surface area contributed by atoms with Gasteiger partial charge in [-0.25, -0.2) is 17.2 Å². The zero-order chi connectivity index (χ0) is 14.5. The van der Waals surface area contributed by atoms with Gasteiger partial charge in [-0.2, -0.15) is 4.31 Å². The van der Waals surface area contributed by atoms with Crippen LogP contribution < -0.4 is 5.73 Å². The van der Waals surface area contributed by atoms with Gasteiger partial charge in [0.25, 0.3) is 0 Å². The summed E-state index contributed by atoms with van der Waals surface area (Å²) in [5.74, 6) is -1.40. The number of anilines is 1. The average Bonchev–Trinajstić information content (AvgIpc) is 2.96. The molecule has 0 bridgehead atoms. The molecule has 0 aromatic heterocycles. The van der Waals surface area contributed by atoms with E-state index in [0.29, 0.717) is 24.9 Å². The number of sulfonamides is 1. The summed E-state index contributed by atoms with van der Waals surface area (Å²) < 4.78 is 53.3. The van der Waals surface area contributed by atoms with Gasteiger partial charge >= 0.3 is 0 Å². The first-order valence-corrected chi connectivity index (χ1v) is 8.09. The van der Waals surface area contributed by atoms with Gasteiger partial charge in [0.05, 0.1) is 0 Å². The van der Waals surface area contributed by atoms with Crippen LogP contribution in [0.15, 0.2) is 17.0 Å². The molecule has 110 valence electrons. The maximum Gasteiger partial charge on any atom is 0.246 e. The molecule has 2 unspecified atom stereocenters. The van der Waals surface area contributed by atoms with Crippen LogP contribution in [0.2, 0.25) is 0 Å². The van der Waals surface area contributed by atoms with E-state index < -0.39 is 32.2 Å². The molecule has 0 spiro atoms.